The third-order valence-corrected chi connectivity index (χ3v) is 5.88. The van der Waals surface area contributed by atoms with Crippen LogP contribution in [0.1, 0.15) is 30.6 Å². The smallest absolute Gasteiger partial charge is 0.335 e. The van der Waals surface area contributed by atoms with E-state index in [1.54, 1.807) is 0 Å². The van der Waals surface area contributed by atoms with Crippen molar-refractivity contribution in [3.63, 3.8) is 0 Å². The minimum Gasteiger partial charge on any atom is -0.478 e. The number of benzene rings is 1. The summed E-state index contributed by atoms with van der Waals surface area (Å²) in [5.41, 5.74) is -0.00972. The predicted octanol–water partition coefficient (Wildman–Crippen LogP) is 2.05. The van der Waals surface area contributed by atoms with E-state index in [1.807, 2.05) is 6.92 Å². The molecule has 1 aromatic carbocycles. The number of carboxylic acid groups (broad SMARTS) is 1. The van der Waals surface area contributed by atoms with Gasteiger partial charge in [0.25, 0.3) is 0 Å². The van der Waals surface area contributed by atoms with Crippen LogP contribution in [0.2, 0.25) is 0 Å². The van der Waals surface area contributed by atoms with Crippen molar-refractivity contribution in [1.29, 1.82) is 0 Å². The second kappa shape index (κ2) is 5.54. The molecule has 0 amide bonds. The second-order valence-electron chi connectivity index (χ2n) is 5.44. The number of aromatic carboxylic acids is 1. The van der Waals surface area contributed by atoms with Crippen molar-refractivity contribution in [2.75, 3.05) is 13.1 Å². The first kappa shape index (κ1) is 15.0. The van der Waals surface area contributed by atoms with Crippen LogP contribution in [0.5, 0.6) is 0 Å². The molecule has 0 aliphatic carbocycles. The SMILES string of the molecule is CC1CCN(S(=O)(=O)c2cccc(C(=O)O)c2)CC1C. The Hall–Kier alpha value is -1.40. The highest BCUT2D eigenvalue weighted by molar-refractivity contribution is 7.89. The predicted molar refractivity (Wildman–Crippen MR) is 75.1 cm³/mol. The first-order chi connectivity index (χ1) is 9.32. The van der Waals surface area contributed by atoms with Gasteiger partial charge in [-0.1, -0.05) is 19.9 Å². The Kier molecular flexibility index (Phi) is 4.15. The van der Waals surface area contributed by atoms with Crippen LogP contribution in [0, 0.1) is 11.8 Å². The summed E-state index contributed by atoms with van der Waals surface area (Å²) < 4.78 is 26.6. The van der Waals surface area contributed by atoms with E-state index in [0.29, 0.717) is 24.9 Å². The maximum atomic E-state index is 12.5. The van der Waals surface area contributed by atoms with Gasteiger partial charge in [-0.15, -0.1) is 0 Å². The molecule has 1 fully saturated rings. The summed E-state index contributed by atoms with van der Waals surface area (Å²) in [6, 6.07) is 5.53. The van der Waals surface area contributed by atoms with Crippen molar-refractivity contribution < 1.29 is 18.3 Å². The molecule has 2 unspecified atom stereocenters. The van der Waals surface area contributed by atoms with Gasteiger partial charge in [0.15, 0.2) is 0 Å². The molecule has 2 atom stereocenters. The fraction of sp³-hybridized carbons (Fsp3) is 0.500. The van der Waals surface area contributed by atoms with Crippen molar-refractivity contribution in [2.45, 2.75) is 25.2 Å². The number of hydrogen-bond acceptors (Lipinski definition) is 3. The van der Waals surface area contributed by atoms with Crippen LogP contribution < -0.4 is 0 Å². The highest BCUT2D eigenvalue weighted by Crippen LogP contribution is 2.27. The zero-order valence-corrected chi connectivity index (χ0v) is 12.4. The number of nitrogens with zero attached hydrogens (tertiary/aromatic N) is 1. The number of sulfonamides is 1. The molecule has 1 heterocycles. The summed E-state index contributed by atoms with van der Waals surface area (Å²) in [6.07, 6.45) is 0.832. The standard InChI is InChI=1S/C14H19NO4S/c1-10-6-7-15(9-11(10)2)20(18,19)13-5-3-4-12(8-13)14(16)17/h3-5,8,10-11H,6-7,9H2,1-2H3,(H,16,17). The number of carbonyl (C=O) groups is 1. The van der Waals surface area contributed by atoms with E-state index < -0.39 is 16.0 Å². The van der Waals surface area contributed by atoms with Crippen LogP contribution in [-0.4, -0.2) is 36.9 Å². The minimum atomic E-state index is -3.60. The molecule has 1 N–H and O–H groups in total. The van der Waals surface area contributed by atoms with Gasteiger partial charge in [0.05, 0.1) is 10.5 Å². The van der Waals surface area contributed by atoms with Crippen LogP contribution in [0.15, 0.2) is 29.2 Å². The van der Waals surface area contributed by atoms with Gasteiger partial charge >= 0.3 is 5.97 Å². The summed E-state index contributed by atoms with van der Waals surface area (Å²) in [5.74, 6) is -0.310. The van der Waals surface area contributed by atoms with Gasteiger partial charge in [-0.3, -0.25) is 0 Å². The van der Waals surface area contributed by atoms with Crippen LogP contribution >= 0.6 is 0 Å². The molecule has 0 radical (unpaired) electrons. The fourth-order valence-electron chi connectivity index (χ4n) is 2.38. The zero-order chi connectivity index (χ0) is 14.9. The lowest BCUT2D eigenvalue weighted by molar-refractivity contribution is 0.0696. The Labute approximate surface area is 119 Å². The number of carboxylic acids is 1. The lowest BCUT2D eigenvalue weighted by Crippen LogP contribution is -2.42. The van der Waals surface area contributed by atoms with Gasteiger partial charge in [-0.05, 0) is 36.5 Å². The summed E-state index contributed by atoms with van der Waals surface area (Å²) in [7, 11) is -3.60. The zero-order valence-electron chi connectivity index (χ0n) is 11.6. The lowest BCUT2D eigenvalue weighted by atomic mass is 9.90. The minimum absolute atomic E-state index is 0.00972. The normalized spacial score (nSPS) is 24.5. The van der Waals surface area contributed by atoms with Crippen LogP contribution in [0.3, 0.4) is 0 Å². The molecule has 1 aliphatic heterocycles. The average molecular weight is 297 g/mol. The molecular weight excluding hydrogens is 278 g/mol. The van der Waals surface area contributed by atoms with E-state index in [1.165, 1.54) is 28.6 Å². The Morgan fingerprint density at radius 2 is 2.00 bits per heavy atom. The van der Waals surface area contributed by atoms with E-state index >= 15 is 0 Å². The fourth-order valence-corrected chi connectivity index (χ4v) is 3.98. The molecular formula is C14H19NO4S. The van der Waals surface area contributed by atoms with Crippen molar-refractivity contribution >= 4 is 16.0 Å². The average Bonchev–Trinajstić information content (AvgIpc) is 2.42. The molecule has 0 spiro atoms. The van der Waals surface area contributed by atoms with Gasteiger partial charge in [0, 0.05) is 13.1 Å². The maximum Gasteiger partial charge on any atom is 0.335 e. The summed E-state index contributed by atoms with van der Waals surface area (Å²) in [6.45, 7) is 5.14. The van der Waals surface area contributed by atoms with Crippen molar-refractivity contribution in [2.24, 2.45) is 11.8 Å². The van der Waals surface area contributed by atoms with Gasteiger partial charge < -0.3 is 5.11 Å². The van der Waals surface area contributed by atoms with Gasteiger partial charge in [0.1, 0.15) is 0 Å². The van der Waals surface area contributed by atoms with E-state index in [4.69, 9.17) is 5.11 Å². The molecule has 0 aromatic heterocycles. The first-order valence-corrected chi connectivity index (χ1v) is 8.10. The monoisotopic (exact) mass is 297 g/mol. The number of hydrogen-bond donors (Lipinski definition) is 1. The molecule has 6 heteroatoms. The Morgan fingerprint density at radius 3 is 2.60 bits per heavy atom. The van der Waals surface area contributed by atoms with E-state index in [9.17, 15) is 13.2 Å². The highest BCUT2D eigenvalue weighted by atomic mass is 32.2. The topological polar surface area (TPSA) is 74.7 Å². The van der Waals surface area contributed by atoms with Crippen LogP contribution in [-0.2, 0) is 10.0 Å². The Bertz CT molecular complexity index is 611. The highest BCUT2D eigenvalue weighted by Gasteiger charge is 2.31. The molecule has 1 aliphatic rings. The molecule has 110 valence electrons. The lowest BCUT2D eigenvalue weighted by Gasteiger charge is -2.34. The Morgan fingerprint density at radius 1 is 1.30 bits per heavy atom. The number of rotatable bonds is 3. The molecule has 1 saturated heterocycles. The van der Waals surface area contributed by atoms with Crippen LogP contribution in [0.4, 0.5) is 0 Å². The number of piperidine rings is 1. The van der Waals surface area contributed by atoms with Crippen molar-refractivity contribution in [3.8, 4) is 0 Å². The third kappa shape index (κ3) is 2.86. The quantitative estimate of drug-likeness (QED) is 0.926. The van der Waals surface area contributed by atoms with Gasteiger partial charge in [-0.2, -0.15) is 4.31 Å². The molecule has 5 nitrogen and oxygen atoms in total. The van der Waals surface area contributed by atoms with E-state index in [0.717, 1.165) is 6.42 Å². The molecule has 1 aromatic rings. The molecule has 2 rings (SSSR count). The van der Waals surface area contributed by atoms with Crippen LogP contribution in [0.25, 0.3) is 0 Å². The summed E-state index contributed by atoms with van der Waals surface area (Å²) in [4.78, 5) is 11.0. The van der Waals surface area contributed by atoms with E-state index in [2.05, 4.69) is 6.92 Å². The second-order valence-corrected chi connectivity index (χ2v) is 7.38. The molecule has 20 heavy (non-hydrogen) atoms. The third-order valence-electron chi connectivity index (χ3n) is 4.02. The Balaban J connectivity index is 2.31. The largest absolute Gasteiger partial charge is 0.478 e. The van der Waals surface area contributed by atoms with Crippen molar-refractivity contribution in [3.05, 3.63) is 29.8 Å². The van der Waals surface area contributed by atoms with E-state index in [-0.39, 0.29) is 10.5 Å². The van der Waals surface area contributed by atoms with Crippen molar-refractivity contribution in [1.82, 2.24) is 4.31 Å². The van der Waals surface area contributed by atoms with Gasteiger partial charge in [-0.25, -0.2) is 13.2 Å². The maximum absolute atomic E-state index is 12.5. The summed E-state index contributed by atoms with van der Waals surface area (Å²) in [5, 5.41) is 8.95. The van der Waals surface area contributed by atoms with Gasteiger partial charge in [0.2, 0.25) is 10.0 Å². The first-order valence-electron chi connectivity index (χ1n) is 6.66. The molecule has 0 bridgehead atoms. The summed E-state index contributed by atoms with van der Waals surface area (Å²) >= 11 is 0. The molecule has 0 saturated carbocycles.